The van der Waals surface area contributed by atoms with Crippen molar-refractivity contribution in [2.24, 2.45) is 50.2 Å². The van der Waals surface area contributed by atoms with E-state index in [9.17, 15) is 35.4 Å². The van der Waals surface area contributed by atoms with Crippen LogP contribution in [-0.4, -0.2) is 118 Å². The summed E-state index contributed by atoms with van der Waals surface area (Å²) in [5.74, 6) is 0.895. The van der Waals surface area contributed by atoms with Crippen molar-refractivity contribution in [1.29, 1.82) is 0 Å². The second-order valence-corrected chi connectivity index (χ2v) is 20.4. The van der Waals surface area contributed by atoms with Crippen LogP contribution >= 0.6 is 0 Å². The molecule has 5 aliphatic carbocycles. The molecule has 308 valence electrons. The van der Waals surface area contributed by atoms with Crippen molar-refractivity contribution in [3.8, 4) is 0 Å². The monoisotopic (exact) mass is 764 g/mol. The highest BCUT2D eigenvalue weighted by molar-refractivity contribution is 5.78. The minimum atomic E-state index is -1.52. The number of esters is 1. The van der Waals surface area contributed by atoms with E-state index in [1.54, 1.807) is 7.11 Å². The summed E-state index contributed by atoms with van der Waals surface area (Å²) in [5, 5.41) is 63.0. The van der Waals surface area contributed by atoms with Crippen LogP contribution in [0, 0.1) is 50.2 Å². The van der Waals surface area contributed by atoms with Crippen molar-refractivity contribution in [3.63, 3.8) is 0 Å². The molecule has 4 saturated carbocycles. The Labute approximate surface area is 320 Å². The van der Waals surface area contributed by atoms with Gasteiger partial charge in [-0.3, -0.25) is 4.79 Å². The molecule has 0 aromatic rings. The molecule has 0 spiro atoms. The predicted molar refractivity (Wildman–Crippen MR) is 196 cm³/mol. The highest BCUT2D eigenvalue weighted by Gasteiger charge is 2.70. The summed E-state index contributed by atoms with van der Waals surface area (Å²) >= 11 is 0. The lowest BCUT2D eigenvalue weighted by atomic mass is 9.33. The molecule has 0 bridgehead atoms. The Bertz CT molecular complexity index is 1450. The Morgan fingerprint density at radius 2 is 1.39 bits per heavy atom. The van der Waals surface area contributed by atoms with E-state index in [1.165, 1.54) is 5.57 Å². The molecule has 2 saturated heterocycles. The van der Waals surface area contributed by atoms with Gasteiger partial charge in [-0.25, -0.2) is 0 Å². The highest BCUT2D eigenvalue weighted by atomic mass is 16.7. The number of methoxy groups -OCH3 is 1. The van der Waals surface area contributed by atoms with Gasteiger partial charge in [0.1, 0.15) is 42.7 Å². The van der Waals surface area contributed by atoms with E-state index in [0.717, 1.165) is 64.2 Å². The van der Waals surface area contributed by atoms with Crippen molar-refractivity contribution >= 4 is 5.97 Å². The number of ether oxygens (including phenoxy) is 5. The van der Waals surface area contributed by atoms with Gasteiger partial charge in [-0.1, -0.05) is 60.1 Å². The van der Waals surface area contributed by atoms with Crippen LogP contribution in [0.2, 0.25) is 0 Å². The lowest BCUT2D eigenvalue weighted by Crippen LogP contribution is -2.66. The number of hydrogen-bond acceptors (Lipinski definition) is 12. The first-order valence-corrected chi connectivity index (χ1v) is 20.6. The third-order valence-corrected chi connectivity index (χ3v) is 17.1. The van der Waals surface area contributed by atoms with Crippen LogP contribution in [0.4, 0.5) is 0 Å². The fraction of sp³-hybridized carbons (Fsp3) is 0.929. The van der Waals surface area contributed by atoms with Gasteiger partial charge in [0.15, 0.2) is 12.6 Å². The van der Waals surface area contributed by atoms with Crippen LogP contribution in [0.3, 0.4) is 0 Å². The van der Waals surface area contributed by atoms with Gasteiger partial charge in [0.05, 0.1) is 31.8 Å². The maximum absolute atomic E-state index is 13.6. The van der Waals surface area contributed by atoms with Crippen LogP contribution < -0.4 is 0 Å². The quantitative estimate of drug-likeness (QED) is 0.126. The largest absolute Gasteiger partial charge is 0.469 e. The maximum atomic E-state index is 13.6. The molecule has 2 heterocycles. The van der Waals surface area contributed by atoms with Crippen molar-refractivity contribution in [2.75, 3.05) is 20.3 Å². The molecule has 54 heavy (non-hydrogen) atoms. The molecule has 7 rings (SSSR count). The molecule has 6 fully saturated rings. The van der Waals surface area contributed by atoms with E-state index in [0.29, 0.717) is 11.8 Å². The number of allylic oxidation sites excluding steroid dienone is 2. The molecule has 2 aliphatic heterocycles. The number of aliphatic hydroxyl groups excluding tert-OH is 6. The van der Waals surface area contributed by atoms with E-state index in [-0.39, 0.29) is 45.1 Å². The van der Waals surface area contributed by atoms with E-state index >= 15 is 0 Å². The number of fused-ring (bicyclic) bond motifs is 7. The number of aliphatic hydroxyl groups is 6. The zero-order chi connectivity index (χ0) is 39.4. The molecule has 0 amide bonds. The fourth-order valence-electron chi connectivity index (χ4n) is 13.7. The summed E-state index contributed by atoms with van der Waals surface area (Å²) in [6.07, 6.45) is -0.474. The summed E-state index contributed by atoms with van der Waals surface area (Å²) in [6, 6.07) is 0. The molecule has 17 atom stereocenters. The molecule has 17 unspecified atom stereocenters. The van der Waals surface area contributed by atoms with E-state index < -0.39 is 73.9 Å². The van der Waals surface area contributed by atoms with Gasteiger partial charge in [0.2, 0.25) is 0 Å². The molecular formula is C42H68O12. The van der Waals surface area contributed by atoms with E-state index in [4.69, 9.17) is 23.7 Å². The SMILES string of the molecule is COC(=O)C12CCC(C)(C)CC1C1=CCC3C4(C)CCC(OC5OC(CO)C(O)C(OC6OC(CO)C(O)C6O)C5O)C(C)(C)C4CCC3(C)C1(C)CC2. The van der Waals surface area contributed by atoms with Crippen LogP contribution in [0.1, 0.15) is 113 Å². The third kappa shape index (κ3) is 5.93. The summed E-state index contributed by atoms with van der Waals surface area (Å²) in [7, 11) is 1.55. The summed E-state index contributed by atoms with van der Waals surface area (Å²) < 4.78 is 29.5. The highest BCUT2D eigenvalue weighted by Crippen LogP contribution is 2.76. The van der Waals surface area contributed by atoms with Gasteiger partial charge in [0, 0.05) is 0 Å². The van der Waals surface area contributed by atoms with E-state index in [1.807, 2.05) is 0 Å². The molecule has 7 aliphatic rings. The van der Waals surface area contributed by atoms with Gasteiger partial charge >= 0.3 is 5.97 Å². The average molecular weight is 765 g/mol. The molecule has 0 aromatic heterocycles. The van der Waals surface area contributed by atoms with Crippen LogP contribution in [0.25, 0.3) is 0 Å². The predicted octanol–water partition coefficient (Wildman–Crippen LogP) is 3.61. The van der Waals surface area contributed by atoms with Gasteiger partial charge in [-0.15, -0.1) is 0 Å². The number of rotatable bonds is 7. The van der Waals surface area contributed by atoms with Crippen LogP contribution in [0.15, 0.2) is 11.6 Å². The fourth-order valence-corrected chi connectivity index (χ4v) is 13.7. The summed E-state index contributed by atoms with van der Waals surface area (Å²) in [5.41, 5.74) is 0.920. The number of carbonyl (C=O) groups excluding carboxylic acids is 1. The normalized spacial score (nSPS) is 52.3. The van der Waals surface area contributed by atoms with Gasteiger partial charge in [-0.05, 0) is 109 Å². The van der Waals surface area contributed by atoms with Crippen LogP contribution in [0.5, 0.6) is 0 Å². The zero-order valence-corrected chi connectivity index (χ0v) is 33.7. The second kappa shape index (κ2) is 14.0. The topological polar surface area (TPSA) is 185 Å². The first kappa shape index (κ1) is 41.0. The maximum Gasteiger partial charge on any atom is 0.312 e. The Morgan fingerprint density at radius 1 is 0.759 bits per heavy atom. The minimum Gasteiger partial charge on any atom is -0.469 e. The van der Waals surface area contributed by atoms with Crippen LogP contribution in [-0.2, 0) is 28.5 Å². The number of hydrogen-bond donors (Lipinski definition) is 6. The number of carbonyl (C=O) groups is 1. The molecule has 0 aromatic carbocycles. The first-order valence-electron chi connectivity index (χ1n) is 20.6. The van der Waals surface area contributed by atoms with Crippen molar-refractivity contribution in [1.82, 2.24) is 0 Å². The van der Waals surface area contributed by atoms with E-state index in [2.05, 4.69) is 54.5 Å². The van der Waals surface area contributed by atoms with Gasteiger partial charge in [-0.2, -0.15) is 0 Å². The Morgan fingerprint density at radius 3 is 2.02 bits per heavy atom. The van der Waals surface area contributed by atoms with Crippen molar-refractivity contribution < 1.29 is 59.1 Å². The molecule has 12 nitrogen and oxygen atoms in total. The molecular weight excluding hydrogens is 696 g/mol. The lowest BCUT2D eigenvalue weighted by Gasteiger charge is -2.71. The Balaban J connectivity index is 1.12. The smallest absolute Gasteiger partial charge is 0.312 e. The molecule has 6 N–H and O–H groups in total. The zero-order valence-electron chi connectivity index (χ0n) is 33.7. The first-order chi connectivity index (χ1) is 25.2. The summed E-state index contributed by atoms with van der Waals surface area (Å²) in [6.45, 7) is 15.6. The molecule has 12 heteroatoms. The standard InChI is InChI=1S/C42H68O12/c1-37(2)15-17-42(36(49)50-8)18-16-40(6)22(23(42)19-37)9-10-27-39(5)13-12-28(38(3,4)26(39)11-14-41(27,40)7)53-35-32(48)33(30(46)25(21-44)52-35)54-34-31(47)29(45)24(20-43)51-34/h9,23-35,43-48H,10-21H2,1-8H3. The lowest BCUT2D eigenvalue weighted by molar-refractivity contribution is -0.349. The van der Waals surface area contributed by atoms with Crippen molar-refractivity contribution in [3.05, 3.63) is 11.6 Å². The minimum absolute atomic E-state index is 0.00562. The summed E-state index contributed by atoms with van der Waals surface area (Å²) in [4.78, 5) is 13.6. The van der Waals surface area contributed by atoms with Gasteiger partial charge in [0.25, 0.3) is 0 Å². The van der Waals surface area contributed by atoms with Gasteiger partial charge < -0.3 is 54.3 Å². The third-order valence-electron chi connectivity index (χ3n) is 17.1. The Hall–Kier alpha value is -1.19. The Kier molecular flexibility index (Phi) is 10.6. The average Bonchev–Trinajstić information content (AvgIpc) is 3.39. The second-order valence-electron chi connectivity index (χ2n) is 20.4. The van der Waals surface area contributed by atoms with Crippen molar-refractivity contribution in [2.45, 2.75) is 174 Å². The molecule has 0 radical (unpaired) electrons.